The number of sulfonamides is 1. The highest BCUT2D eigenvalue weighted by atomic mass is 32.2. The van der Waals surface area contributed by atoms with Gasteiger partial charge in [-0.15, -0.1) is 11.3 Å². The topological polar surface area (TPSA) is 58.2 Å². The summed E-state index contributed by atoms with van der Waals surface area (Å²) in [5.74, 6) is 0. The highest BCUT2D eigenvalue weighted by molar-refractivity contribution is 7.88. The molecule has 0 aliphatic carbocycles. The summed E-state index contributed by atoms with van der Waals surface area (Å²) in [6.07, 6.45) is 1.18. The van der Waals surface area contributed by atoms with Gasteiger partial charge in [0.2, 0.25) is 10.0 Å². The van der Waals surface area contributed by atoms with Crippen LogP contribution in [0.2, 0.25) is 0 Å². The summed E-state index contributed by atoms with van der Waals surface area (Å²) in [6, 6.07) is 4.31. The van der Waals surface area contributed by atoms with Crippen LogP contribution in [0, 0.1) is 0 Å². The van der Waals surface area contributed by atoms with Crippen molar-refractivity contribution in [2.24, 2.45) is 0 Å². The van der Waals surface area contributed by atoms with Crippen LogP contribution >= 0.6 is 11.3 Å². The minimum absolute atomic E-state index is 0.232. The molecule has 1 aromatic heterocycles. The Morgan fingerprint density at radius 3 is 2.59 bits per heavy atom. The molecule has 0 fully saturated rings. The molecule has 0 radical (unpaired) electrons. The zero-order chi connectivity index (χ0) is 13.1. The summed E-state index contributed by atoms with van der Waals surface area (Å²) in [5.41, 5.74) is -0.487. The van der Waals surface area contributed by atoms with E-state index in [1.54, 1.807) is 11.3 Å². The number of thiophene rings is 1. The lowest BCUT2D eigenvalue weighted by molar-refractivity contribution is 0.401. The third-order valence-electron chi connectivity index (χ3n) is 2.28. The van der Waals surface area contributed by atoms with Gasteiger partial charge >= 0.3 is 0 Å². The molecule has 0 saturated carbocycles. The second kappa shape index (κ2) is 5.48. The first-order valence-electron chi connectivity index (χ1n) is 5.45. The zero-order valence-electron chi connectivity index (χ0n) is 10.6. The van der Waals surface area contributed by atoms with E-state index in [0.29, 0.717) is 6.54 Å². The predicted octanol–water partition coefficient (Wildman–Crippen LogP) is 1.73. The lowest BCUT2D eigenvalue weighted by Gasteiger charge is -2.27. The standard InChI is InChI=1S/C11H20N2O2S2/c1-9(10-6-5-7-16-10)12-8-11(2,3)13-17(4,14)15/h5-7,9,12-13H,8H2,1-4H3. The first kappa shape index (κ1) is 14.6. The van der Waals surface area contributed by atoms with Crippen molar-refractivity contribution in [1.82, 2.24) is 10.0 Å². The van der Waals surface area contributed by atoms with Crippen molar-refractivity contribution in [2.45, 2.75) is 32.4 Å². The molecular formula is C11H20N2O2S2. The van der Waals surface area contributed by atoms with Crippen molar-refractivity contribution < 1.29 is 8.42 Å². The van der Waals surface area contributed by atoms with E-state index in [-0.39, 0.29) is 6.04 Å². The lowest BCUT2D eigenvalue weighted by atomic mass is 10.1. The lowest BCUT2D eigenvalue weighted by Crippen LogP contribution is -2.50. The van der Waals surface area contributed by atoms with Gasteiger partial charge in [0.25, 0.3) is 0 Å². The van der Waals surface area contributed by atoms with Gasteiger partial charge in [0, 0.05) is 23.0 Å². The fourth-order valence-electron chi connectivity index (χ4n) is 1.58. The van der Waals surface area contributed by atoms with Gasteiger partial charge < -0.3 is 5.32 Å². The van der Waals surface area contributed by atoms with Gasteiger partial charge in [-0.2, -0.15) is 0 Å². The Hall–Kier alpha value is -0.430. The minimum atomic E-state index is -3.17. The number of hydrogen-bond donors (Lipinski definition) is 2. The fourth-order valence-corrected chi connectivity index (χ4v) is 3.42. The monoisotopic (exact) mass is 276 g/mol. The predicted molar refractivity (Wildman–Crippen MR) is 72.8 cm³/mol. The highest BCUT2D eigenvalue weighted by Crippen LogP contribution is 2.18. The van der Waals surface area contributed by atoms with E-state index in [4.69, 9.17) is 0 Å². The summed E-state index contributed by atoms with van der Waals surface area (Å²) in [6.45, 7) is 6.38. The van der Waals surface area contributed by atoms with Gasteiger partial charge in [-0.1, -0.05) is 6.07 Å². The summed E-state index contributed by atoms with van der Waals surface area (Å²) in [5, 5.41) is 5.37. The van der Waals surface area contributed by atoms with Crippen LogP contribution in [0.4, 0.5) is 0 Å². The van der Waals surface area contributed by atoms with E-state index in [0.717, 1.165) is 0 Å². The summed E-state index contributed by atoms with van der Waals surface area (Å²) < 4.78 is 25.0. The molecule has 0 spiro atoms. The molecule has 1 heterocycles. The van der Waals surface area contributed by atoms with E-state index in [9.17, 15) is 8.42 Å². The molecule has 0 aliphatic heterocycles. The average Bonchev–Trinajstić information content (AvgIpc) is 2.63. The quantitative estimate of drug-likeness (QED) is 0.832. The molecule has 1 aromatic rings. The van der Waals surface area contributed by atoms with E-state index < -0.39 is 15.6 Å². The number of hydrogen-bond acceptors (Lipinski definition) is 4. The van der Waals surface area contributed by atoms with Gasteiger partial charge in [0.15, 0.2) is 0 Å². The first-order valence-corrected chi connectivity index (χ1v) is 8.22. The first-order chi connectivity index (χ1) is 7.70. The van der Waals surface area contributed by atoms with Crippen molar-refractivity contribution in [2.75, 3.05) is 12.8 Å². The van der Waals surface area contributed by atoms with Crippen LogP contribution in [0.5, 0.6) is 0 Å². The van der Waals surface area contributed by atoms with Gasteiger partial charge in [-0.25, -0.2) is 13.1 Å². The molecule has 0 amide bonds. The SMILES string of the molecule is CC(NCC(C)(C)NS(C)(=O)=O)c1cccs1. The third kappa shape index (κ3) is 5.63. The van der Waals surface area contributed by atoms with Crippen LogP contribution in [-0.4, -0.2) is 26.8 Å². The Morgan fingerprint density at radius 2 is 2.12 bits per heavy atom. The minimum Gasteiger partial charge on any atom is -0.308 e. The Bertz CT molecular complexity index is 438. The van der Waals surface area contributed by atoms with Gasteiger partial charge in [0.1, 0.15) is 0 Å². The fraction of sp³-hybridized carbons (Fsp3) is 0.636. The van der Waals surface area contributed by atoms with Crippen molar-refractivity contribution in [3.63, 3.8) is 0 Å². The maximum Gasteiger partial charge on any atom is 0.209 e. The third-order valence-corrected chi connectivity index (χ3v) is 4.26. The molecule has 1 atom stereocenters. The highest BCUT2D eigenvalue weighted by Gasteiger charge is 2.22. The summed E-state index contributed by atoms with van der Waals surface area (Å²) in [7, 11) is -3.17. The molecule has 0 saturated heterocycles. The Labute approximate surface area is 107 Å². The van der Waals surface area contributed by atoms with E-state index in [1.807, 2.05) is 25.3 Å². The van der Waals surface area contributed by atoms with Crippen LogP contribution in [0.1, 0.15) is 31.7 Å². The number of rotatable bonds is 6. The van der Waals surface area contributed by atoms with Crippen LogP contribution in [0.3, 0.4) is 0 Å². The van der Waals surface area contributed by atoms with Crippen molar-refractivity contribution in [3.8, 4) is 0 Å². The molecule has 1 unspecified atom stereocenters. The van der Waals surface area contributed by atoms with E-state index in [1.165, 1.54) is 11.1 Å². The van der Waals surface area contributed by atoms with Crippen molar-refractivity contribution in [1.29, 1.82) is 0 Å². The molecule has 0 aromatic carbocycles. The second-order valence-electron chi connectivity index (χ2n) is 4.88. The molecule has 98 valence electrons. The molecule has 6 heteroatoms. The Kier molecular flexibility index (Phi) is 4.71. The maximum atomic E-state index is 11.2. The summed E-state index contributed by atoms with van der Waals surface area (Å²) >= 11 is 1.69. The van der Waals surface area contributed by atoms with Crippen LogP contribution in [0.25, 0.3) is 0 Å². The maximum absolute atomic E-state index is 11.2. The van der Waals surface area contributed by atoms with Crippen molar-refractivity contribution in [3.05, 3.63) is 22.4 Å². The van der Waals surface area contributed by atoms with Gasteiger partial charge in [-0.3, -0.25) is 0 Å². The van der Waals surface area contributed by atoms with E-state index >= 15 is 0 Å². The molecule has 0 bridgehead atoms. The normalized spacial score (nSPS) is 14.8. The molecular weight excluding hydrogens is 256 g/mol. The van der Waals surface area contributed by atoms with Crippen LogP contribution < -0.4 is 10.0 Å². The second-order valence-corrected chi connectivity index (χ2v) is 7.60. The molecule has 1 rings (SSSR count). The Balaban J connectivity index is 2.50. The zero-order valence-corrected chi connectivity index (χ0v) is 12.3. The molecule has 2 N–H and O–H groups in total. The van der Waals surface area contributed by atoms with E-state index in [2.05, 4.69) is 23.0 Å². The Morgan fingerprint density at radius 1 is 1.47 bits per heavy atom. The summed E-state index contributed by atoms with van der Waals surface area (Å²) in [4.78, 5) is 1.25. The number of nitrogens with one attached hydrogen (secondary N) is 2. The smallest absolute Gasteiger partial charge is 0.209 e. The van der Waals surface area contributed by atoms with Crippen LogP contribution in [-0.2, 0) is 10.0 Å². The van der Waals surface area contributed by atoms with Crippen molar-refractivity contribution >= 4 is 21.4 Å². The van der Waals surface area contributed by atoms with Gasteiger partial charge in [0.05, 0.1) is 6.26 Å². The van der Waals surface area contributed by atoms with Gasteiger partial charge in [-0.05, 0) is 32.2 Å². The van der Waals surface area contributed by atoms with Crippen LogP contribution in [0.15, 0.2) is 17.5 Å². The average molecular weight is 276 g/mol. The molecule has 4 nitrogen and oxygen atoms in total. The largest absolute Gasteiger partial charge is 0.308 e. The molecule has 17 heavy (non-hydrogen) atoms. The molecule has 0 aliphatic rings.